The summed E-state index contributed by atoms with van der Waals surface area (Å²) in [4.78, 5) is 0. The number of halogens is 1. The summed E-state index contributed by atoms with van der Waals surface area (Å²) in [5, 5.41) is 10.9. The van der Waals surface area contributed by atoms with Crippen molar-refractivity contribution in [1.29, 1.82) is 0 Å². The Labute approximate surface area is 174 Å². The van der Waals surface area contributed by atoms with Crippen LogP contribution in [0.15, 0.2) is 84.0 Å². The average molecular weight is 406 g/mol. The topological polar surface area (TPSA) is 30.7 Å². The summed E-state index contributed by atoms with van der Waals surface area (Å²) in [5.74, 6) is 0.824. The van der Waals surface area contributed by atoms with E-state index in [0.29, 0.717) is 5.02 Å². The molecule has 0 aliphatic carbocycles. The first-order chi connectivity index (χ1) is 13.6. The van der Waals surface area contributed by atoms with Gasteiger partial charge in [-0.05, 0) is 43.7 Å². The van der Waals surface area contributed by atoms with Gasteiger partial charge in [-0.3, -0.25) is 4.57 Å². The summed E-state index contributed by atoms with van der Waals surface area (Å²) in [6, 6.07) is 26.6. The van der Waals surface area contributed by atoms with Gasteiger partial charge >= 0.3 is 0 Å². The van der Waals surface area contributed by atoms with Gasteiger partial charge in [0.1, 0.15) is 0 Å². The summed E-state index contributed by atoms with van der Waals surface area (Å²) < 4.78 is 2.10. The molecule has 5 heteroatoms. The molecule has 0 fully saturated rings. The third kappa shape index (κ3) is 3.98. The highest BCUT2D eigenvalue weighted by atomic mass is 35.5. The Kier molecular flexibility index (Phi) is 5.51. The summed E-state index contributed by atoms with van der Waals surface area (Å²) in [6.45, 7) is 4.27. The number of benzene rings is 3. The lowest BCUT2D eigenvalue weighted by molar-refractivity contribution is 0.878. The molecule has 0 radical (unpaired) electrons. The number of thioether (sulfide) groups is 1. The van der Waals surface area contributed by atoms with Crippen LogP contribution in [0.4, 0.5) is 0 Å². The van der Waals surface area contributed by atoms with Crippen LogP contribution in [0.2, 0.25) is 5.02 Å². The van der Waals surface area contributed by atoms with Crippen LogP contribution in [0.5, 0.6) is 0 Å². The highest BCUT2D eigenvalue weighted by Crippen LogP contribution is 2.37. The molecule has 1 aromatic heterocycles. The maximum atomic E-state index is 6.11. The van der Waals surface area contributed by atoms with Gasteiger partial charge in [-0.1, -0.05) is 83.5 Å². The molecule has 0 saturated heterocycles. The van der Waals surface area contributed by atoms with E-state index in [9.17, 15) is 0 Å². The van der Waals surface area contributed by atoms with Crippen LogP contribution in [0.1, 0.15) is 23.3 Å². The minimum absolute atomic E-state index is 0.252. The number of hydrogen-bond donors (Lipinski definition) is 0. The molecule has 3 nitrogen and oxygen atoms in total. The van der Waals surface area contributed by atoms with Gasteiger partial charge in [-0.2, -0.15) is 0 Å². The molecule has 0 aliphatic rings. The summed E-state index contributed by atoms with van der Waals surface area (Å²) >= 11 is 7.80. The van der Waals surface area contributed by atoms with Crippen molar-refractivity contribution >= 4 is 23.4 Å². The summed E-state index contributed by atoms with van der Waals surface area (Å²) in [7, 11) is 0. The number of nitrogens with zero attached hydrogens (tertiary/aromatic N) is 3. The molecule has 4 rings (SSSR count). The molecule has 0 spiro atoms. The Morgan fingerprint density at radius 3 is 2.21 bits per heavy atom. The van der Waals surface area contributed by atoms with Crippen LogP contribution in [0.25, 0.3) is 17.1 Å². The van der Waals surface area contributed by atoms with Crippen LogP contribution in [0, 0.1) is 6.92 Å². The van der Waals surface area contributed by atoms with Gasteiger partial charge in [-0.15, -0.1) is 10.2 Å². The fourth-order valence-corrected chi connectivity index (χ4v) is 4.13. The van der Waals surface area contributed by atoms with E-state index in [1.165, 1.54) is 11.1 Å². The van der Waals surface area contributed by atoms with E-state index in [0.717, 1.165) is 22.2 Å². The molecule has 0 saturated carbocycles. The van der Waals surface area contributed by atoms with Gasteiger partial charge in [0.25, 0.3) is 0 Å². The maximum Gasteiger partial charge on any atom is 0.196 e. The van der Waals surface area contributed by atoms with Crippen molar-refractivity contribution in [3.8, 4) is 17.1 Å². The summed E-state index contributed by atoms with van der Waals surface area (Å²) in [5.41, 5.74) is 4.50. The van der Waals surface area contributed by atoms with Crippen LogP contribution in [-0.4, -0.2) is 14.8 Å². The lowest BCUT2D eigenvalue weighted by atomic mass is 10.1. The predicted octanol–water partition coefficient (Wildman–Crippen LogP) is 6.75. The molecular formula is C23H20ClN3S. The Balaban J connectivity index is 1.78. The smallest absolute Gasteiger partial charge is 0.196 e. The second-order valence-electron chi connectivity index (χ2n) is 6.65. The quantitative estimate of drug-likeness (QED) is 0.344. The Bertz CT molecular complexity index is 1060. The standard InChI is InChI=1S/C23H20ClN3S/c1-16-8-10-19(11-9-16)22-25-26-23(27(22)21-14-12-20(24)13-15-21)28-17(2)18-6-4-3-5-7-18/h3-15,17H,1-2H3/t17-/m1/s1. The Hall–Kier alpha value is -2.56. The molecule has 3 aromatic carbocycles. The van der Waals surface area contributed by atoms with E-state index in [1.54, 1.807) is 11.8 Å². The first-order valence-corrected chi connectivity index (χ1v) is 10.4. The lowest BCUT2D eigenvalue weighted by Crippen LogP contribution is -2.00. The SMILES string of the molecule is Cc1ccc(-c2nnc(S[C@H](C)c3ccccc3)n2-c2ccc(Cl)cc2)cc1. The molecule has 0 N–H and O–H groups in total. The van der Waals surface area contributed by atoms with E-state index < -0.39 is 0 Å². The van der Waals surface area contributed by atoms with Gasteiger partial charge in [0.15, 0.2) is 11.0 Å². The molecule has 0 aliphatic heterocycles. The predicted molar refractivity (Wildman–Crippen MR) is 117 cm³/mol. The first kappa shape index (κ1) is 18.8. The second kappa shape index (κ2) is 8.21. The van der Waals surface area contributed by atoms with E-state index in [-0.39, 0.29) is 5.25 Å². The Morgan fingerprint density at radius 1 is 0.857 bits per heavy atom. The van der Waals surface area contributed by atoms with Crippen molar-refractivity contribution in [2.75, 3.05) is 0 Å². The van der Waals surface area contributed by atoms with Crippen molar-refractivity contribution in [3.05, 3.63) is 95.0 Å². The van der Waals surface area contributed by atoms with Crippen molar-refractivity contribution in [1.82, 2.24) is 14.8 Å². The second-order valence-corrected chi connectivity index (χ2v) is 8.40. The molecule has 1 heterocycles. The maximum absolute atomic E-state index is 6.11. The zero-order valence-electron chi connectivity index (χ0n) is 15.7. The fourth-order valence-electron chi connectivity index (χ4n) is 3.01. The Morgan fingerprint density at radius 2 is 1.54 bits per heavy atom. The van der Waals surface area contributed by atoms with E-state index >= 15 is 0 Å². The number of aromatic nitrogens is 3. The van der Waals surface area contributed by atoms with Crippen molar-refractivity contribution < 1.29 is 0 Å². The zero-order valence-corrected chi connectivity index (χ0v) is 17.3. The lowest BCUT2D eigenvalue weighted by Gasteiger charge is -2.14. The number of rotatable bonds is 5. The van der Waals surface area contributed by atoms with Crippen LogP contribution >= 0.6 is 23.4 Å². The van der Waals surface area contributed by atoms with Gasteiger partial charge in [0.2, 0.25) is 0 Å². The van der Waals surface area contributed by atoms with E-state index in [1.807, 2.05) is 30.3 Å². The van der Waals surface area contributed by atoms with E-state index in [4.69, 9.17) is 11.6 Å². The fraction of sp³-hybridized carbons (Fsp3) is 0.130. The molecule has 0 amide bonds. The van der Waals surface area contributed by atoms with Crippen molar-refractivity contribution in [3.63, 3.8) is 0 Å². The highest BCUT2D eigenvalue weighted by Gasteiger charge is 2.19. The molecule has 140 valence electrons. The summed E-state index contributed by atoms with van der Waals surface area (Å²) in [6.07, 6.45) is 0. The van der Waals surface area contributed by atoms with Crippen molar-refractivity contribution in [2.45, 2.75) is 24.3 Å². The van der Waals surface area contributed by atoms with Gasteiger partial charge in [0, 0.05) is 21.5 Å². The highest BCUT2D eigenvalue weighted by molar-refractivity contribution is 7.99. The first-order valence-electron chi connectivity index (χ1n) is 9.12. The van der Waals surface area contributed by atoms with Gasteiger partial charge in [-0.25, -0.2) is 0 Å². The van der Waals surface area contributed by atoms with Crippen LogP contribution in [-0.2, 0) is 0 Å². The molecular weight excluding hydrogens is 386 g/mol. The minimum Gasteiger partial charge on any atom is -0.270 e. The van der Waals surface area contributed by atoms with Crippen LogP contribution in [0.3, 0.4) is 0 Å². The van der Waals surface area contributed by atoms with Crippen molar-refractivity contribution in [2.24, 2.45) is 0 Å². The van der Waals surface area contributed by atoms with E-state index in [2.05, 4.69) is 77.1 Å². The molecule has 28 heavy (non-hydrogen) atoms. The molecule has 0 bridgehead atoms. The largest absolute Gasteiger partial charge is 0.270 e. The zero-order chi connectivity index (χ0) is 19.5. The minimum atomic E-state index is 0.252. The third-order valence-electron chi connectivity index (χ3n) is 4.58. The molecule has 1 atom stereocenters. The van der Waals surface area contributed by atoms with Gasteiger partial charge in [0.05, 0.1) is 0 Å². The monoisotopic (exact) mass is 405 g/mol. The van der Waals surface area contributed by atoms with Crippen LogP contribution < -0.4 is 0 Å². The van der Waals surface area contributed by atoms with Gasteiger partial charge < -0.3 is 0 Å². The third-order valence-corrected chi connectivity index (χ3v) is 5.93. The number of hydrogen-bond acceptors (Lipinski definition) is 3. The number of aryl methyl sites for hydroxylation is 1. The average Bonchev–Trinajstić information content (AvgIpc) is 3.13. The molecule has 0 unspecified atom stereocenters. The molecule has 4 aromatic rings. The normalized spacial score (nSPS) is 12.1.